The van der Waals surface area contributed by atoms with Gasteiger partial charge in [0.15, 0.2) is 0 Å². The lowest BCUT2D eigenvalue weighted by Gasteiger charge is -2.42. The Kier molecular flexibility index (Phi) is 6.38. The van der Waals surface area contributed by atoms with Crippen molar-refractivity contribution >= 4 is 41.0 Å². The van der Waals surface area contributed by atoms with E-state index in [2.05, 4.69) is 140 Å². The Morgan fingerprint density at radius 3 is 1.56 bits per heavy atom. The highest BCUT2D eigenvalue weighted by molar-refractivity contribution is 14.1. The monoisotopic (exact) mass is 482 g/mol. The molecule has 0 aliphatic rings. The Labute approximate surface area is 178 Å². The molecule has 0 spiro atoms. The van der Waals surface area contributed by atoms with Gasteiger partial charge in [-0.1, -0.05) is 117 Å². The maximum Gasteiger partial charge on any atom is 0.147 e. The third kappa shape index (κ3) is 4.44. The lowest BCUT2D eigenvalue weighted by Crippen LogP contribution is -2.63. The summed E-state index contributed by atoms with van der Waals surface area (Å²) >= 11 is 2.56. The molecule has 2 heteroatoms. The van der Waals surface area contributed by atoms with Gasteiger partial charge in [-0.2, -0.15) is 0 Å². The second kappa shape index (κ2) is 8.57. The van der Waals surface area contributed by atoms with Crippen LogP contribution in [0.1, 0.15) is 26.3 Å². The van der Waals surface area contributed by atoms with E-state index < -0.39 is 8.07 Å². The summed E-state index contributed by atoms with van der Waals surface area (Å²) in [7, 11) is -2.14. The molecule has 0 heterocycles. The van der Waals surface area contributed by atoms with Crippen molar-refractivity contribution in [1.29, 1.82) is 0 Å². The molecule has 0 aliphatic carbocycles. The number of hydrogen-bond donors (Lipinski definition) is 0. The van der Waals surface area contributed by atoms with Gasteiger partial charge in [0.2, 0.25) is 0 Å². The lowest BCUT2D eigenvalue weighted by molar-refractivity contribution is 0.738. The third-order valence-corrected chi connectivity index (χ3v) is 12.1. The van der Waals surface area contributed by atoms with Crippen LogP contribution in [0.3, 0.4) is 0 Å². The van der Waals surface area contributed by atoms with Gasteiger partial charge in [-0.15, -0.1) is 0 Å². The molecule has 3 rings (SSSR count). The molecule has 0 bridgehead atoms. The fourth-order valence-electron chi connectivity index (χ4n) is 3.89. The Morgan fingerprint density at radius 2 is 1.15 bits per heavy atom. The van der Waals surface area contributed by atoms with Crippen molar-refractivity contribution in [2.24, 2.45) is 0 Å². The molecular formula is C25H27ISi. The molecule has 0 aromatic heterocycles. The van der Waals surface area contributed by atoms with E-state index >= 15 is 0 Å². The van der Waals surface area contributed by atoms with E-state index in [4.69, 9.17) is 0 Å². The quantitative estimate of drug-likeness (QED) is 0.302. The van der Waals surface area contributed by atoms with Crippen LogP contribution < -0.4 is 10.4 Å². The van der Waals surface area contributed by atoms with E-state index in [0.717, 1.165) is 6.42 Å². The Morgan fingerprint density at radius 1 is 0.741 bits per heavy atom. The van der Waals surface area contributed by atoms with Crippen LogP contribution in [-0.2, 0) is 6.42 Å². The first-order valence-electron chi connectivity index (χ1n) is 9.46. The summed E-state index contributed by atoms with van der Waals surface area (Å²) in [4.78, 5) is 0. The summed E-state index contributed by atoms with van der Waals surface area (Å²) in [6.45, 7) is 7.21. The van der Waals surface area contributed by atoms with E-state index in [0.29, 0.717) is 0 Å². The van der Waals surface area contributed by atoms with Gasteiger partial charge in [0.25, 0.3) is 0 Å². The van der Waals surface area contributed by atoms with Crippen molar-refractivity contribution in [3.8, 4) is 0 Å². The standard InChI is InChI=1S/C25H27ISi/c1-25(2,3)27(23-15-9-5-10-16-23,24-17-11-6-12-18-24)20-22(26)19-21-13-7-4-8-14-21/h4-18,20H,19H2,1-3H3/b22-20-. The first-order valence-corrected chi connectivity index (χ1v) is 12.6. The van der Waals surface area contributed by atoms with E-state index in [-0.39, 0.29) is 5.04 Å². The highest BCUT2D eigenvalue weighted by Gasteiger charge is 2.45. The summed E-state index contributed by atoms with van der Waals surface area (Å²) in [5, 5.41) is 3.11. The molecule has 0 amide bonds. The maximum atomic E-state index is 2.63. The molecule has 0 atom stereocenters. The van der Waals surface area contributed by atoms with Gasteiger partial charge < -0.3 is 0 Å². The van der Waals surface area contributed by atoms with Crippen LogP contribution in [-0.4, -0.2) is 8.07 Å². The van der Waals surface area contributed by atoms with Crippen molar-refractivity contribution in [1.82, 2.24) is 0 Å². The fourth-order valence-corrected chi connectivity index (χ4v) is 10.6. The van der Waals surface area contributed by atoms with Crippen LogP contribution >= 0.6 is 22.6 Å². The van der Waals surface area contributed by atoms with Crippen LogP contribution in [0.5, 0.6) is 0 Å². The van der Waals surface area contributed by atoms with Crippen LogP contribution in [0.15, 0.2) is 100 Å². The SMILES string of the molecule is CC(C)(C)[Si](/C=C(\I)Cc1ccccc1)(c1ccccc1)c1ccccc1. The van der Waals surface area contributed by atoms with E-state index in [1.807, 2.05) is 0 Å². The first kappa shape index (κ1) is 20.1. The predicted molar refractivity (Wildman–Crippen MR) is 130 cm³/mol. The Bertz CT molecular complexity index is 838. The minimum absolute atomic E-state index is 0.156. The van der Waals surface area contributed by atoms with E-state index in [1.54, 1.807) is 0 Å². The molecule has 3 aromatic rings. The summed E-state index contributed by atoms with van der Waals surface area (Å²) < 4.78 is 1.42. The van der Waals surface area contributed by atoms with Crippen molar-refractivity contribution in [3.63, 3.8) is 0 Å². The number of benzene rings is 3. The summed E-state index contributed by atoms with van der Waals surface area (Å²) in [5.74, 6) is 0. The van der Waals surface area contributed by atoms with Crippen LogP contribution in [0.4, 0.5) is 0 Å². The van der Waals surface area contributed by atoms with Crippen molar-refractivity contribution < 1.29 is 0 Å². The minimum atomic E-state index is -2.14. The van der Waals surface area contributed by atoms with Crippen LogP contribution in [0.25, 0.3) is 0 Å². The van der Waals surface area contributed by atoms with Gasteiger partial charge >= 0.3 is 0 Å². The van der Waals surface area contributed by atoms with Gasteiger partial charge in [-0.3, -0.25) is 0 Å². The Balaban J connectivity index is 2.19. The molecule has 0 aliphatic heterocycles. The molecule has 0 fully saturated rings. The minimum Gasteiger partial charge on any atom is -0.0758 e. The molecule has 0 saturated heterocycles. The number of halogens is 1. The number of allylic oxidation sites excluding steroid dienone is 1. The zero-order valence-corrected chi connectivity index (χ0v) is 19.5. The largest absolute Gasteiger partial charge is 0.147 e. The van der Waals surface area contributed by atoms with Crippen molar-refractivity contribution in [3.05, 3.63) is 106 Å². The first-order chi connectivity index (χ1) is 12.9. The zero-order valence-electron chi connectivity index (χ0n) is 16.3. The molecule has 0 unspecified atom stereocenters. The summed E-state index contributed by atoms with van der Waals surface area (Å²) in [6.07, 6.45) is 0.992. The third-order valence-electron chi connectivity index (χ3n) is 5.23. The summed E-state index contributed by atoms with van der Waals surface area (Å²) in [6, 6.07) is 33.1. The normalized spacial score (nSPS) is 12.8. The van der Waals surface area contributed by atoms with E-state index in [1.165, 1.54) is 19.5 Å². The molecule has 0 N–H and O–H groups in total. The predicted octanol–water partition coefficient (Wildman–Crippen LogP) is 6.15. The van der Waals surface area contributed by atoms with Crippen LogP contribution in [0.2, 0.25) is 5.04 Å². The van der Waals surface area contributed by atoms with Gasteiger partial charge in [-0.05, 0) is 47.1 Å². The molecular weight excluding hydrogens is 455 g/mol. The van der Waals surface area contributed by atoms with Gasteiger partial charge in [0.05, 0.1) is 0 Å². The van der Waals surface area contributed by atoms with Crippen molar-refractivity contribution in [2.45, 2.75) is 32.2 Å². The molecule has 0 nitrogen and oxygen atoms in total. The molecule has 27 heavy (non-hydrogen) atoms. The van der Waals surface area contributed by atoms with Gasteiger partial charge in [-0.25, -0.2) is 0 Å². The average molecular weight is 482 g/mol. The second-order valence-electron chi connectivity index (χ2n) is 8.04. The molecule has 0 radical (unpaired) electrons. The molecule has 138 valence electrons. The fraction of sp³-hybridized carbons (Fsp3) is 0.200. The molecule has 0 saturated carbocycles. The average Bonchev–Trinajstić information content (AvgIpc) is 2.67. The summed E-state index contributed by atoms with van der Waals surface area (Å²) in [5.41, 5.74) is 4.00. The van der Waals surface area contributed by atoms with Gasteiger partial charge in [0, 0.05) is 6.42 Å². The Hall–Kier alpha value is -1.65. The maximum absolute atomic E-state index is 2.63. The topological polar surface area (TPSA) is 0 Å². The number of hydrogen-bond acceptors (Lipinski definition) is 0. The van der Waals surface area contributed by atoms with Gasteiger partial charge in [0.1, 0.15) is 8.07 Å². The highest BCUT2D eigenvalue weighted by Crippen LogP contribution is 2.38. The smallest absolute Gasteiger partial charge is 0.0758 e. The zero-order chi connectivity index (χ0) is 19.3. The molecule has 3 aromatic carbocycles. The van der Waals surface area contributed by atoms with Crippen molar-refractivity contribution in [2.75, 3.05) is 0 Å². The number of rotatable bonds is 5. The second-order valence-corrected chi connectivity index (χ2v) is 14.0. The van der Waals surface area contributed by atoms with Crippen LogP contribution in [0, 0.1) is 0 Å². The van der Waals surface area contributed by atoms with E-state index in [9.17, 15) is 0 Å². The lowest BCUT2D eigenvalue weighted by atomic mass is 10.2. The highest BCUT2D eigenvalue weighted by atomic mass is 127.